The molecule has 0 N–H and O–H groups in total. The Labute approximate surface area is 139 Å². The van der Waals surface area contributed by atoms with Crippen LogP contribution in [0.4, 0.5) is 0 Å². The van der Waals surface area contributed by atoms with Crippen LogP contribution >= 0.6 is 27.5 Å². The summed E-state index contributed by atoms with van der Waals surface area (Å²) in [6.07, 6.45) is 3.52. The number of sulfonamides is 1. The van der Waals surface area contributed by atoms with Gasteiger partial charge in [-0.15, -0.1) is 0 Å². The summed E-state index contributed by atoms with van der Waals surface area (Å²) in [7, 11) is -3.43. The van der Waals surface area contributed by atoms with Gasteiger partial charge < -0.3 is 0 Å². The first-order valence-corrected chi connectivity index (χ1v) is 9.79. The Morgan fingerprint density at radius 3 is 2.76 bits per heavy atom. The highest BCUT2D eigenvalue weighted by Crippen LogP contribution is 2.29. The van der Waals surface area contributed by atoms with Gasteiger partial charge in [0, 0.05) is 30.1 Å². The van der Waals surface area contributed by atoms with Gasteiger partial charge in [-0.2, -0.15) is 4.31 Å². The summed E-state index contributed by atoms with van der Waals surface area (Å²) in [6.45, 7) is 3.10. The van der Waals surface area contributed by atoms with Crippen LogP contribution in [0.1, 0.15) is 19.3 Å². The Bertz CT molecular complexity index is 638. The van der Waals surface area contributed by atoms with Crippen molar-refractivity contribution in [2.24, 2.45) is 0 Å². The van der Waals surface area contributed by atoms with Gasteiger partial charge in [0.15, 0.2) is 0 Å². The van der Waals surface area contributed by atoms with E-state index in [1.165, 1.54) is 12.8 Å². The van der Waals surface area contributed by atoms with Gasteiger partial charge in [-0.1, -0.05) is 18.0 Å². The van der Waals surface area contributed by atoms with Crippen molar-refractivity contribution >= 4 is 37.6 Å². The fourth-order valence-corrected chi connectivity index (χ4v) is 5.28. The van der Waals surface area contributed by atoms with Crippen molar-refractivity contribution in [3.05, 3.63) is 27.7 Å². The van der Waals surface area contributed by atoms with Gasteiger partial charge in [0.05, 0.1) is 9.92 Å². The van der Waals surface area contributed by atoms with E-state index in [2.05, 4.69) is 20.8 Å². The molecule has 116 valence electrons. The van der Waals surface area contributed by atoms with E-state index in [9.17, 15) is 8.42 Å². The molecular formula is C14H18BrClN2O2S. The number of hydrogen-bond donors (Lipinski definition) is 0. The predicted octanol–water partition coefficient (Wildman–Crippen LogP) is 2.96. The van der Waals surface area contributed by atoms with Crippen molar-refractivity contribution in [2.45, 2.75) is 30.2 Å². The van der Waals surface area contributed by atoms with E-state index in [1.807, 2.05) is 0 Å². The second-order valence-electron chi connectivity index (χ2n) is 5.62. The highest BCUT2D eigenvalue weighted by atomic mass is 79.9. The minimum Gasteiger partial charge on any atom is -0.298 e. The lowest BCUT2D eigenvalue weighted by atomic mass is 10.0. The Kier molecular flexibility index (Phi) is 4.62. The van der Waals surface area contributed by atoms with E-state index >= 15 is 0 Å². The molecule has 1 aromatic carbocycles. The molecule has 0 saturated carbocycles. The number of halogens is 2. The van der Waals surface area contributed by atoms with E-state index in [0.29, 0.717) is 33.5 Å². The molecule has 0 spiro atoms. The summed E-state index contributed by atoms with van der Waals surface area (Å²) in [5, 5.41) is 0.519. The van der Waals surface area contributed by atoms with E-state index in [1.54, 1.807) is 22.5 Å². The van der Waals surface area contributed by atoms with E-state index < -0.39 is 10.0 Å². The van der Waals surface area contributed by atoms with Crippen LogP contribution in [0.3, 0.4) is 0 Å². The lowest BCUT2D eigenvalue weighted by Gasteiger charge is -2.43. The topological polar surface area (TPSA) is 40.6 Å². The fraction of sp³-hybridized carbons (Fsp3) is 0.571. The Hall–Kier alpha value is -0.140. The molecule has 2 heterocycles. The smallest absolute Gasteiger partial charge is 0.243 e. The number of rotatable bonds is 2. The van der Waals surface area contributed by atoms with E-state index in [0.717, 1.165) is 19.5 Å². The Morgan fingerprint density at radius 2 is 2.00 bits per heavy atom. The maximum Gasteiger partial charge on any atom is 0.243 e. The summed E-state index contributed by atoms with van der Waals surface area (Å²) in [4.78, 5) is 2.73. The van der Waals surface area contributed by atoms with Gasteiger partial charge in [-0.3, -0.25) is 4.90 Å². The molecule has 3 rings (SSSR count). The van der Waals surface area contributed by atoms with Crippen LogP contribution in [0, 0.1) is 0 Å². The minimum absolute atomic E-state index is 0.308. The van der Waals surface area contributed by atoms with Gasteiger partial charge in [-0.25, -0.2) is 8.42 Å². The molecule has 0 bridgehead atoms. The quantitative estimate of drug-likeness (QED) is 0.775. The van der Waals surface area contributed by atoms with Crippen molar-refractivity contribution in [3.63, 3.8) is 0 Å². The van der Waals surface area contributed by atoms with Gasteiger partial charge in [0.25, 0.3) is 0 Å². The first-order valence-electron chi connectivity index (χ1n) is 7.18. The zero-order valence-corrected chi connectivity index (χ0v) is 14.8. The second-order valence-corrected chi connectivity index (χ2v) is 8.82. The minimum atomic E-state index is -3.43. The van der Waals surface area contributed by atoms with Crippen LogP contribution in [0.2, 0.25) is 5.02 Å². The highest BCUT2D eigenvalue weighted by molar-refractivity contribution is 9.10. The molecule has 1 aromatic rings. The summed E-state index contributed by atoms with van der Waals surface area (Å²) < 4.78 is 27.8. The molecule has 0 aromatic heterocycles. The molecule has 21 heavy (non-hydrogen) atoms. The number of fused-ring (bicyclic) bond motifs is 1. The van der Waals surface area contributed by atoms with Crippen molar-refractivity contribution in [3.8, 4) is 0 Å². The van der Waals surface area contributed by atoms with Crippen molar-refractivity contribution < 1.29 is 8.42 Å². The number of hydrogen-bond acceptors (Lipinski definition) is 3. The Balaban J connectivity index is 1.83. The molecular weight excluding hydrogens is 376 g/mol. The third-order valence-corrected chi connectivity index (χ3v) is 7.40. The van der Waals surface area contributed by atoms with Crippen LogP contribution in [-0.4, -0.2) is 49.8 Å². The molecule has 0 amide bonds. The summed E-state index contributed by atoms with van der Waals surface area (Å²) in [6, 6.07) is 5.16. The van der Waals surface area contributed by atoms with Gasteiger partial charge >= 0.3 is 0 Å². The summed E-state index contributed by atoms with van der Waals surface area (Å²) >= 11 is 9.24. The molecule has 0 radical (unpaired) electrons. The van der Waals surface area contributed by atoms with Crippen LogP contribution in [-0.2, 0) is 10.0 Å². The zero-order chi connectivity index (χ0) is 15.0. The van der Waals surface area contributed by atoms with Crippen molar-refractivity contribution in [2.75, 3.05) is 26.2 Å². The van der Waals surface area contributed by atoms with Gasteiger partial charge in [0.1, 0.15) is 0 Å². The number of nitrogens with zero attached hydrogens (tertiary/aromatic N) is 2. The maximum atomic E-state index is 12.8. The molecule has 0 aliphatic carbocycles. The monoisotopic (exact) mass is 392 g/mol. The van der Waals surface area contributed by atoms with E-state index in [-0.39, 0.29) is 0 Å². The number of benzene rings is 1. The average molecular weight is 394 g/mol. The summed E-state index contributed by atoms with van der Waals surface area (Å²) in [5.74, 6) is 0. The molecule has 2 saturated heterocycles. The average Bonchev–Trinajstić information content (AvgIpc) is 2.49. The first kappa shape index (κ1) is 15.7. The molecule has 2 aliphatic rings. The molecule has 1 unspecified atom stereocenters. The fourth-order valence-electron chi connectivity index (χ4n) is 3.13. The lowest BCUT2D eigenvalue weighted by molar-refractivity contribution is 0.0852. The lowest BCUT2D eigenvalue weighted by Crippen LogP contribution is -2.56. The van der Waals surface area contributed by atoms with Crippen LogP contribution in [0.25, 0.3) is 0 Å². The third-order valence-electron chi connectivity index (χ3n) is 4.33. The van der Waals surface area contributed by atoms with Gasteiger partial charge in [-0.05, 0) is 53.5 Å². The van der Waals surface area contributed by atoms with E-state index in [4.69, 9.17) is 11.6 Å². The SMILES string of the molecule is O=S(=O)(c1ccc(Cl)c(Br)c1)N1CCN2CCCCC2C1. The molecule has 2 fully saturated rings. The normalized spacial score (nSPS) is 24.8. The maximum absolute atomic E-state index is 12.8. The standard InChI is InChI=1S/C14H18BrClN2O2S/c15-13-9-12(4-5-14(13)16)21(19,20)18-8-7-17-6-2-1-3-11(17)10-18/h4-5,9,11H,1-3,6-8,10H2. The highest BCUT2D eigenvalue weighted by Gasteiger charge is 2.35. The molecule has 7 heteroatoms. The first-order chi connectivity index (χ1) is 9.98. The van der Waals surface area contributed by atoms with Crippen molar-refractivity contribution in [1.29, 1.82) is 0 Å². The predicted molar refractivity (Wildman–Crippen MR) is 87.1 cm³/mol. The molecule has 2 aliphatic heterocycles. The van der Waals surface area contributed by atoms with Crippen LogP contribution in [0.5, 0.6) is 0 Å². The van der Waals surface area contributed by atoms with Crippen LogP contribution < -0.4 is 0 Å². The largest absolute Gasteiger partial charge is 0.298 e. The second kappa shape index (κ2) is 6.16. The third kappa shape index (κ3) is 3.15. The Morgan fingerprint density at radius 1 is 1.19 bits per heavy atom. The zero-order valence-electron chi connectivity index (χ0n) is 11.6. The van der Waals surface area contributed by atoms with Gasteiger partial charge in [0.2, 0.25) is 10.0 Å². The number of piperidine rings is 1. The van der Waals surface area contributed by atoms with Crippen LogP contribution in [0.15, 0.2) is 27.6 Å². The summed E-state index contributed by atoms with van der Waals surface area (Å²) in [5.41, 5.74) is 0. The molecule has 4 nitrogen and oxygen atoms in total. The van der Waals surface area contributed by atoms with Crippen molar-refractivity contribution in [1.82, 2.24) is 9.21 Å². The number of piperazine rings is 1. The molecule has 1 atom stereocenters.